The standard InChI is InChI=1S/C20H18FN3O/c21-17-6-4-16(5-7-17)19(13-18-3-1-2-10-23-18)20(25)24-14-15-8-11-22-12-9-15/h1-12,19H,13-14H2,(H,24,25). The lowest BCUT2D eigenvalue weighted by Crippen LogP contribution is -2.30. The highest BCUT2D eigenvalue weighted by molar-refractivity contribution is 5.83. The summed E-state index contributed by atoms with van der Waals surface area (Å²) in [6.45, 7) is 0.418. The fourth-order valence-corrected chi connectivity index (χ4v) is 2.60. The zero-order valence-electron chi connectivity index (χ0n) is 13.6. The molecule has 1 atom stereocenters. The van der Waals surface area contributed by atoms with Gasteiger partial charge in [0.1, 0.15) is 5.82 Å². The molecule has 0 radical (unpaired) electrons. The number of hydrogen-bond acceptors (Lipinski definition) is 3. The normalized spacial score (nSPS) is 11.7. The van der Waals surface area contributed by atoms with E-state index >= 15 is 0 Å². The number of nitrogens with zero attached hydrogens (tertiary/aromatic N) is 2. The van der Waals surface area contributed by atoms with Gasteiger partial charge in [0, 0.05) is 37.3 Å². The summed E-state index contributed by atoms with van der Waals surface area (Å²) in [6, 6.07) is 15.3. The summed E-state index contributed by atoms with van der Waals surface area (Å²) in [4.78, 5) is 21.0. The smallest absolute Gasteiger partial charge is 0.228 e. The van der Waals surface area contributed by atoms with Crippen LogP contribution in [0.25, 0.3) is 0 Å². The van der Waals surface area contributed by atoms with E-state index < -0.39 is 5.92 Å². The second-order valence-corrected chi connectivity index (χ2v) is 5.70. The topological polar surface area (TPSA) is 54.9 Å². The molecule has 25 heavy (non-hydrogen) atoms. The van der Waals surface area contributed by atoms with E-state index in [9.17, 15) is 9.18 Å². The first-order chi connectivity index (χ1) is 12.2. The molecule has 3 rings (SSSR count). The lowest BCUT2D eigenvalue weighted by molar-refractivity contribution is -0.122. The summed E-state index contributed by atoms with van der Waals surface area (Å²) < 4.78 is 13.2. The summed E-state index contributed by atoms with van der Waals surface area (Å²) in [6.07, 6.45) is 5.53. The number of halogens is 1. The van der Waals surface area contributed by atoms with E-state index in [4.69, 9.17) is 0 Å². The highest BCUT2D eigenvalue weighted by atomic mass is 19.1. The SMILES string of the molecule is O=C(NCc1ccncc1)C(Cc1ccccn1)c1ccc(F)cc1. The van der Waals surface area contributed by atoms with Gasteiger partial charge >= 0.3 is 0 Å². The quantitative estimate of drug-likeness (QED) is 0.752. The van der Waals surface area contributed by atoms with Crippen LogP contribution in [0.1, 0.15) is 22.7 Å². The minimum atomic E-state index is -0.433. The van der Waals surface area contributed by atoms with Crippen LogP contribution in [0.5, 0.6) is 0 Å². The molecule has 0 bridgehead atoms. The van der Waals surface area contributed by atoms with Crippen LogP contribution in [0, 0.1) is 5.82 Å². The molecule has 1 unspecified atom stereocenters. The van der Waals surface area contributed by atoms with E-state index in [1.54, 1.807) is 30.7 Å². The number of aromatic nitrogens is 2. The maximum Gasteiger partial charge on any atom is 0.228 e. The molecule has 1 amide bonds. The van der Waals surface area contributed by atoms with Crippen molar-refractivity contribution in [3.8, 4) is 0 Å². The van der Waals surface area contributed by atoms with Crippen LogP contribution in [-0.2, 0) is 17.8 Å². The molecule has 0 spiro atoms. The number of pyridine rings is 2. The number of amides is 1. The Bertz CT molecular complexity index is 807. The monoisotopic (exact) mass is 335 g/mol. The first kappa shape index (κ1) is 16.8. The Morgan fingerprint density at radius 2 is 1.76 bits per heavy atom. The molecule has 0 aliphatic rings. The third-order valence-corrected chi connectivity index (χ3v) is 3.94. The van der Waals surface area contributed by atoms with E-state index in [0.717, 1.165) is 16.8 Å². The minimum absolute atomic E-state index is 0.117. The molecule has 0 fully saturated rings. The summed E-state index contributed by atoms with van der Waals surface area (Å²) in [5, 5.41) is 2.94. The van der Waals surface area contributed by atoms with E-state index in [1.807, 2.05) is 30.3 Å². The first-order valence-electron chi connectivity index (χ1n) is 8.04. The molecule has 1 aromatic carbocycles. The highest BCUT2D eigenvalue weighted by Crippen LogP contribution is 2.21. The molecule has 0 saturated heterocycles. The van der Waals surface area contributed by atoms with Crippen molar-refractivity contribution in [2.45, 2.75) is 18.9 Å². The maximum absolute atomic E-state index is 13.2. The number of benzene rings is 1. The van der Waals surface area contributed by atoms with Gasteiger partial charge in [-0.15, -0.1) is 0 Å². The van der Waals surface area contributed by atoms with E-state index in [2.05, 4.69) is 15.3 Å². The van der Waals surface area contributed by atoms with Gasteiger partial charge < -0.3 is 5.32 Å². The van der Waals surface area contributed by atoms with Crippen molar-refractivity contribution in [3.63, 3.8) is 0 Å². The van der Waals surface area contributed by atoms with Crippen molar-refractivity contribution >= 4 is 5.91 Å². The predicted molar refractivity (Wildman–Crippen MR) is 93.2 cm³/mol. The molecule has 3 aromatic rings. The summed E-state index contributed by atoms with van der Waals surface area (Å²) >= 11 is 0. The third-order valence-electron chi connectivity index (χ3n) is 3.94. The van der Waals surface area contributed by atoms with Crippen LogP contribution >= 0.6 is 0 Å². The van der Waals surface area contributed by atoms with E-state index in [1.165, 1.54) is 12.1 Å². The van der Waals surface area contributed by atoms with Crippen molar-refractivity contribution in [1.29, 1.82) is 0 Å². The molecule has 0 aliphatic carbocycles. The molecule has 0 aliphatic heterocycles. The lowest BCUT2D eigenvalue weighted by Gasteiger charge is -2.17. The van der Waals surface area contributed by atoms with Crippen LogP contribution in [0.3, 0.4) is 0 Å². The van der Waals surface area contributed by atoms with Crippen molar-refractivity contribution in [2.24, 2.45) is 0 Å². The molecular weight excluding hydrogens is 317 g/mol. The number of rotatable bonds is 6. The largest absolute Gasteiger partial charge is 0.351 e. The first-order valence-corrected chi connectivity index (χ1v) is 8.04. The Morgan fingerprint density at radius 1 is 1.00 bits per heavy atom. The molecule has 2 aromatic heterocycles. The third kappa shape index (κ3) is 4.70. The molecule has 0 saturated carbocycles. The average molecular weight is 335 g/mol. The number of hydrogen-bond donors (Lipinski definition) is 1. The van der Waals surface area contributed by atoms with Gasteiger partial charge in [0.2, 0.25) is 5.91 Å². The molecular formula is C20H18FN3O. The van der Waals surface area contributed by atoms with Gasteiger partial charge in [0.15, 0.2) is 0 Å². The lowest BCUT2D eigenvalue weighted by atomic mass is 9.93. The van der Waals surface area contributed by atoms with Gasteiger partial charge in [-0.1, -0.05) is 18.2 Å². The zero-order chi connectivity index (χ0) is 17.5. The van der Waals surface area contributed by atoms with Gasteiger partial charge in [0.05, 0.1) is 5.92 Å². The summed E-state index contributed by atoms with van der Waals surface area (Å²) in [5.41, 5.74) is 2.55. The van der Waals surface area contributed by atoms with Crippen LogP contribution < -0.4 is 5.32 Å². The average Bonchev–Trinajstić information content (AvgIpc) is 2.67. The van der Waals surface area contributed by atoms with Crippen molar-refractivity contribution in [1.82, 2.24) is 15.3 Å². The minimum Gasteiger partial charge on any atom is -0.351 e. The van der Waals surface area contributed by atoms with Crippen molar-refractivity contribution < 1.29 is 9.18 Å². The Kier molecular flexibility index (Phi) is 5.46. The van der Waals surface area contributed by atoms with Crippen molar-refractivity contribution in [3.05, 3.63) is 95.8 Å². The van der Waals surface area contributed by atoms with Crippen LogP contribution in [0.2, 0.25) is 0 Å². The van der Waals surface area contributed by atoms with Gasteiger partial charge in [-0.25, -0.2) is 4.39 Å². The molecule has 1 N–H and O–H groups in total. The molecule has 4 nitrogen and oxygen atoms in total. The van der Waals surface area contributed by atoms with Crippen LogP contribution in [-0.4, -0.2) is 15.9 Å². The maximum atomic E-state index is 13.2. The molecule has 5 heteroatoms. The molecule has 126 valence electrons. The highest BCUT2D eigenvalue weighted by Gasteiger charge is 2.21. The number of carbonyl (C=O) groups excluding carboxylic acids is 1. The Hall–Kier alpha value is -3.08. The number of nitrogens with one attached hydrogen (secondary N) is 1. The molecule has 2 heterocycles. The summed E-state index contributed by atoms with van der Waals surface area (Å²) in [5.74, 6) is -0.871. The van der Waals surface area contributed by atoms with Crippen molar-refractivity contribution in [2.75, 3.05) is 0 Å². The van der Waals surface area contributed by atoms with E-state index in [0.29, 0.717) is 13.0 Å². The fourth-order valence-electron chi connectivity index (χ4n) is 2.60. The Balaban J connectivity index is 1.77. The van der Waals surface area contributed by atoms with Gasteiger partial charge in [-0.2, -0.15) is 0 Å². The summed E-state index contributed by atoms with van der Waals surface area (Å²) in [7, 11) is 0. The van der Waals surface area contributed by atoms with E-state index in [-0.39, 0.29) is 11.7 Å². The fraction of sp³-hybridized carbons (Fsp3) is 0.150. The second kappa shape index (κ2) is 8.15. The Morgan fingerprint density at radius 3 is 2.44 bits per heavy atom. The predicted octanol–water partition coefficient (Wildman–Crippen LogP) is 3.26. The number of carbonyl (C=O) groups is 1. The van der Waals surface area contributed by atoms with Gasteiger partial charge in [0.25, 0.3) is 0 Å². The van der Waals surface area contributed by atoms with Crippen LogP contribution in [0.15, 0.2) is 73.2 Å². The zero-order valence-corrected chi connectivity index (χ0v) is 13.6. The van der Waals surface area contributed by atoms with Crippen LogP contribution in [0.4, 0.5) is 4.39 Å². The Labute approximate surface area is 145 Å². The second-order valence-electron chi connectivity index (χ2n) is 5.70. The van der Waals surface area contributed by atoms with Gasteiger partial charge in [-0.3, -0.25) is 14.8 Å². The van der Waals surface area contributed by atoms with Gasteiger partial charge in [-0.05, 0) is 47.5 Å².